The summed E-state index contributed by atoms with van der Waals surface area (Å²) in [6.45, 7) is 4.68. The van der Waals surface area contributed by atoms with Gasteiger partial charge < -0.3 is 4.57 Å². The molecule has 0 saturated heterocycles. The molecule has 3 nitrogen and oxygen atoms in total. The van der Waals surface area contributed by atoms with E-state index in [9.17, 15) is 0 Å². The number of benzene rings is 1. The van der Waals surface area contributed by atoms with Gasteiger partial charge in [-0.25, -0.2) is 4.98 Å². The van der Waals surface area contributed by atoms with Gasteiger partial charge in [0.1, 0.15) is 5.82 Å². The maximum Gasteiger partial charge on any atom is 0.113 e. The quantitative estimate of drug-likeness (QED) is 0.777. The van der Waals surface area contributed by atoms with Crippen LogP contribution in [-0.2, 0) is 7.05 Å². The van der Waals surface area contributed by atoms with E-state index < -0.39 is 0 Å². The maximum atomic E-state index is 9.01. The van der Waals surface area contributed by atoms with E-state index in [0.29, 0.717) is 16.9 Å². The number of nitriles is 1. The molecule has 0 amide bonds. The lowest BCUT2D eigenvalue weighted by molar-refractivity contribution is 0.318. The number of nitrogens with zero attached hydrogens (tertiary/aromatic N) is 3. The van der Waals surface area contributed by atoms with Gasteiger partial charge in [-0.1, -0.05) is 20.3 Å². The van der Waals surface area contributed by atoms with Gasteiger partial charge >= 0.3 is 0 Å². The number of aryl methyl sites for hydroxylation is 1. The molecule has 1 fully saturated rings. The molecular formula is C16H19N3. The molecule has 1 aromatic heterocycles. The molecule has 1 aliphatic rings. The van der Waals surface area contributed by atoms with E-state index in [1.807, 2.05) is 18.2 Å². The van der Waals surface area contributed by atoms with Crippen molar-refractivity contribution in [3.05, 3.63) is 29.6 Å². The number of hydrogen-bond donors (Lipinski definition) is 0. The molecule has 0 spiro atoms. The Morgan fingerprint density at radius 3 is 2.84 bits per heavy atom. The Morgan fingerprint density at radius 2 is 2.21 bits per heavy atom. The van der Waals surface area contributed by atoms with Crippen LogP contribution >= 0.6 is 0 Å². The van der Waals surface area contributed by atoms with E-state index >= 15 is 0 Å². The first-order valence-electron chi connectivity index (χ1n) is 6.89. The second kappa shape index (κ2) is 4.09. The summed E-state index contributed by atoms with van der Waals surface area (Å²) < 4.78 is 2.17. The zero-order valence-corrected chi connectivity index (χ0v) is 11.8. The molecule has 1 saturated carbocycles. The summed E-state index contributed by atoms with van der Waals surface area (Å²) in [5, 5.41) is 9.01. The Morgan fingerprint density at radius 1 is 1.42 bits per heavy atom. The van der Waals surface area contributed by atoms with Gasteiger partial charge in [0.25, 0.3) is 0 Å². The lowest BCUT2D eigenvalue weighted by Gasteiger charge is -2.26. The Hall–Kier alpha value is -1.82. The molecule has 0 bridgehead atoms. The van der Waals surface area contributed by atoms with Crippen molar-refractivity contribution in [2.45, 2.75) is 39.0 Å². The van der Waals surface area contributed by atoms with Crippen molar-refractivity contribution in [3.8, 4) is 6.07 Å². The third-order valence-corrected chi connectivity index (χ3v) is 4.61. The standard InChI is InChI=1S/C16H19N3/c1-16(2)8-4-5-12(16)15-18-13-7-6-11(10-17)9-14(13)19(15)3/h6-7,9,12H,4-5,8H2,1-3H3. The number of hydrogen-bond acceptors (Lipinski definition) is 2. The molecule has 2 aromatic rings. The van der Waals surface area contributed by atoms with Gasteiger partial charge in [-0.3, -0.25) is 0 Å². The van der Waals surface area contributed by atoms with Crippen LogP contribution < -0.4 is 0 Å². The SMILES string of the molecule is Cn1c(C2CCCC2(C)C)nc2ccc(C#N)cc21. The smallest absolute Gasteiger partial charge is 0.113 e. The fourth-order valence-corrected chi connectivity index (χ4v) is 3.40. The summed E-state index contributed by atoms with van der Waals surface area (Å²) in [5.74, 6) is 1.70. The molecule has 1 aromatic carbocycles. The summed E-state index contributed by atoms with van der Waals surface area (Å²) in [6.07, 6.45) is 3.77. The lowest BCUT2D eigenvalue weighted by atomic mass is 9.81. The number of rotatable bonds is 1. The van der Waals surface area contributed by atoms with E-state index in [1.165, 1.54) is 25.1 Å². The van der Waals surface area contributed by atoms with E-state index in [1.54, 1.807) is 0 Å². The van der Waals surface area contributed by atoms with Gasteiger partial charge in [0.2, 0.25) is 0 Å². The third kappa shape index (κ3) is 1.83. The maximum absolute atomic E-state index is 9.01. The predicted octanol–water partition coefficient (Wildman–Crippen LogP) is 3.74. The lowest BCUT2D eigenvalue weighted by Crippen LogP contribution is -2.18. The number of aromatic nitrogens is 2. The molecule has 19 heavy (non-hydrogen) atoms. The Bertz CT molecular complexity index is 673. The molecule has 1 unspecified atom stereocenters. The molecule has 98 valence electrons. The summed E-state index contributed by atoms with van der Waals surface area (Å²) in [5.41, 5.74) is 3.09. The van der Waals surface area contributed by atoms with E-state index in [-0.39, 0.29) is 0 Å². The zero-order chi connectivity index (χ0) is 13.6. The van der Waals surface area contributed by atoms with Crippen molar-refractivity contribution in [1.29, 1.82) is 5.26 Å². The fraction of sp³-hybridized carbons (Fsp3) is 0.500. The molecular weight excluding hydrogens is 234 g/mol. The van der Waals surface area contributed by atoms with Gasteiger partial charge in [0.15, 0.2) is 0 Å². The molecule has 1 heterocycles. The first-order chi connectivity index (χ1) is 9.03. The minimum absolute atomic E-state index is 0.327. The highest BCUT2D eigenvalue weighted by atomic mass is 15.1. The highest BCUT2D eigenvalue weighted by Crippen LogP contribution is 2.48. The third-order valence-electron chi connectivity index (χ3n) is 4.61. The van der Waals surface area contributed by atoms with Crippen LogP contribution in [0.1, 0.15) is 50.4 Å². The van der Waals surface area contributed by atoms with E-state index in [4.69, 9.17) is 10.2 Å². The fourth-order valence-electron chi connectivity index (χ4n) is 3.40. The highest BCUT2D eigenvalue weighted by molar-refractivity contribution is 5.77. The van der Waals surface area contributed by atoms with Crippen molar-refractivity contribution in [3.63, 3.8) is 0 Å². The number of fused-ring (bicyclic) bond motifs is 1. The molecule has 1 aliphatic carbocycles. The first kappa shape index (κ1) is 12.2. The minimum atomic E-state index is 0.327. The van der Waals surface area contributed by atoms with Gasteiger partial charge in [0.05, 0.1) is 22.7 Å². The zero-order valence-electron chi connectivity index (χ0n) is 11.8. The van der Waals surface area contributed by atoms with Gasteiger partial charge in [0, 0.05) is 13.0 Å². The molecule has 0 aliphatic heterocycles. The van der Waals surface area contributed by atoms with Crippen LogP contribution in [0, 0.1) is 16.7 Å². The first-order valence-corrected chi connectivity index (χ1v) is 6.89. The molecule has 1 atom stereocenters. The molecule has 3 rings (SSSR count). The predicted molar refractivity (Wildman–Crippen MR) is 75.8 cm³/mol. The number of imidazole rings is 1. The molecule has 3 heteroatoms. The van der Waals surface area contributed by atoms with Crippen LogP contribution in [0.25, 0.3) is 11.0 Å². The van der Waals surface area contributed by atoms with Crippen molar-refractivity contribution in [1.82, 2.24) is 9.55 Å². The van der Waals surface area contributed by atoms with Crippen molar-refractivity contribution >= 4 is 11.0 Å². The van der Waals surface area contributed by atoms with Crippen LogP contribution in [0.3, 0.4) is 0 Å². The van der Waals surface area contributed by atoms with Crippen LogP contribution in [0.5, 0.6) is 0 Å². The largest absolute Gasteiger partial charge is 0.331 e. The normalized spacial score (nSPS) is 21.7. The average molecular weight is 253 g/mol. The summed E-state index contributed by atoms with van der Waals surface area (Å²) in [7, 11) is 2.07. The van der Waals surface area contributed by atoms with Crippen molar-refractivity contribution in [2.24, 2.45) is 12.5 Å². The van der Waals surface area contributed by atoms with Crippen molar-refractivity contribution in [2.75, 3.05) is 0 Å². The molecule has 0 radical (unpaired) electrons. The Kier molecular flexibility index (Phi) is 2.63. The van der Waals surface area contributed by atoms with Crippen molar-refractivity contribution < 1.29 is 0 Å². The summed E-state index contributed by atoms with van der Waals surface area (Å²) in [4.78, 5) is 4.82. The van der Waals surface area contributed by atoms with Gasteiger partial charge in [-0.2, -0.15) is 5.26 Å². The Labute approximate surface area is 113 Å². The molecule has 0 N–H and O–H groups in total. The average Bonchev–Trinajstić information content (AvgIpc) is 2.89. The monoisotopic (exact) mass is 253 g/mol. The van der Waals surface area contributed by atoms with Crippen LogP contribution in [0.4, 0.5) is 0 Å². The highest BCUT2D eigenvalue weighted by Gasteiger charge is 2.38. The second-order valence-electron chi connectivity index (χ2n) is 6.28. The van der Waals surface area contributed by atoms with E-state index in [2.05, 4.69) is 31.5 Å². The Balaban J connectivity index is 2.16. The van der Waals surface area contributed by atoms with Crippen LogP contribution in [-0.4, -0.2) is 9.55 Å². The summed E-state index contributed by atoms with van der Waals surface area (Å²) >= 11 is 0. The van der Waals surface area contributed by atoms with Crippen LogP contribution in [0.15, 0.2) is 18.2 Å². The second-order valence-corrected chi connectivity index (χ2v) is 6.28. The van der Waals surface area contributed by atoms with Crippen LogP contribution in [0.2, 0.25) is 0 Å². The van der Waals surface area contributed by atoms with Gasteiger partial charge in [-0.05, 0) is 36.5 Å². The summed E-state index contributed by atoms with van der Waals surface area (Å²) in [6, 6.07) is 7.94. The topological polar surface area (TPSA) is 41.6 Å². The van der Waals surface area contributed by atoms with E-state index in [0.717, 1.165) is 11.0 Å². The van der Waals surface area contributed by atoms with Gasteiger partial charge in [-0.15, -0.1) is 0 Å². The minimum Gasteiger partial charge on any atom is -0.331 e.